The van der Waals surface area contributed by atoms with Gasteiger partial charge in [-0.15, -0.1) is 0 Å². The smallest absolute Gasteiger partial charge is 0.303 e. The van der Waals surface area contributed by atoms with Gasteiger partial charge in [0.2, 0.25) is 0 Å². The molecule has 0 amide bonds. The first-order valence-electron chi connectivity index (χ1n) is 4.83. The Morgan fingerprint density at radius 1 is 1.06 bits per heavy atom. The molecule has 100 valence electrons. The second kappa shape index (κ2) is 16.3. The Labute approximate surface area is 97.2 Å². The van der Waals surface area contributed by atoms with Gasteiger partial charge in [0, 0.05) is 12.8 Å². The van der Waals surface area contributed by atoms with Crippen LogP contribution in [0.2, 0.25) is 0 Å². The highest BCUT2D eigenvalue weighted by Crippen LogP contribution is 1.96. The minimum Gasteiger partial charge on any atom is -0.481 e. The number of carbonyl (C=O) groups is 2. The maximum Gasteiger partial charge on any atom is 0.303 e. The molecule has 6 nitrogen and oxygen atoms in total. The van der Waals surface area contributed by atoms with Gasteiger partial charge in [-0.3, -0.25) is 9.59 Å². The predicted octanol–water partition coefficient (Wildman–Crippen LogP) is 2.70. The lowest BCUT2D eigenvalue weighted by Crippen LogP contribution is -1.99. The summed E-state index contributed by atoms with van der Waals surface area (Å²) in [6.07, 6.45) is 2.36. The summed E-state index contributed by atoms with van der Waals surface area (Å²) in [4.78, 5) is 19.6. The molecule has 0 aliphatic carbocycles. The lowest BCUT2D eigenvalue weighted by Gasteiger charge is -1.94. The van der Waals surface area contributed by atoms with Crippen LogP contribution >= 0.6 is 0 Å². The third kappa shape index (κ3) is 38.4. The fourth-order valence-electron chi connectivity index (χ4n) is 0.677. The Kier molecular flexibility index (Phi) is 24.7. The van der Waals surface area contributed by atoms with Crippen molar-refractivity contribution in [1.82, 2.24) is 12.3 Å². The largest absolute Gasteiger partial charge is 0.481 e. The maximum atomic E-state index is 9.81. The molecule has 0 radical (unpaired) electrons. The maximum absolute atomic E-state index is 9.81. The first kappa shape index (κ1) is 24.2. The van der Waals surface area contributed by atoms with Crippen LogP contribution in [0.4, 0.5) is 0 Å². The molecule has 0 saturated carbocycles. The van der Waals surface area contributed by atoms with Crippen LogP contribution in [0, 0.1) is 5.92 Å². The van der Waals surface area contributed by atoms with Gasteiger partial charge in [0.1, 0.15) is 0 Å². The SMILES string of the molecule is CC(C)CC(=O)O.CCCCC(=O)O.N.N. The number of rotatable bonds is 5. The molecule has 0 unspecified atom stereocenters. The highest BCUT2D eigenvalue weighted by Gasteiger charge is 1.98. The highest BCUT2D eigenvalue weighted by molar-refractivity contribution is 5.67. The van der Waals surface area contributed by atoms with Gasteiger partial charge in [0.25, 0.3) is 0 Å². The quantitative estimate of drug-likeness (QED) is 0.579. The Morgan fingerprint density at radius 2 is 1.50 bits per heavy atom. The van der Waals surface area contributed by atoms with Crippen LogP contribution < -0.4 is 12.3 Å². The van der Waals surface area contributed by atoms with E-state index in [-0.39, 0.29) is 24.6 Å². The van der Waals surface area contributed by atoms with Crippen LogP contribution in [0.5, 0.6) is 0 Å². The van der Waals surface area contributed by atoms with E-state index in [0.29, 0.717) is 6.42 Å². The molecule has 16 heavy (non-hydrogen) atoms. The number of aliphatic carboxylic acids is 2. The molecule has 0 aliphatic rings. The van der Waals surface area contributed by atoms with Crippen LogP contribution in [0.15, 0.2) is 0 Å². The van der Waals surface area contributed by atoms with Gasteiger partial charge < -0.3 is 22.5 Å². The summed E-state index contributed by atoms with van der Waals surface area (Å²) in [5.74, 6) is -1.13. The molecular weight excluding hydrogens is 212 g/mol. The van der Waals surface area contributed by atoms with Crippen LogP contribution in [0.25, 0.3) is 0 Å². The number of hydrogen-bond acceptors (Lipinski definition) is 4. The molecule has 0 rings (SSSR count). The lowest BCUT2D eigenvalue weighted by molar-refractivity contribution is -0.138. The standard InChI is InChI=1S/2C5H10O2.2H3N/c1-4(2)3-5(6)7;1-2-3-4-5(6)7;;/h4H,3H2,1-2H3,(H,6,7);2-4H2,1H3,(H,6,7);2*1H3. The van der Waals surface area contributed by atoms with Crippen molar-refractivity contribution in [2.24, 2.45) is 5.92 Å². The Hall–Kier alpha value is -1.14. The molecule has 0 bridgehead atoms. The van der Waals surface area contributed by atoms with E-state index >= 15 is 0 Å². The van der Waals surface area contributed by atoms with E-state index in [0.717, 1.165) is 12.8 Å². The molecule has 0 aromatic rings. The summed E-state index contributed by atoms with van der Waals surface area (Å²) in [6, 6.07) is 0. The fraction of sp³-hybridized carbons (Fsp3) is 0.800. The summed E-state index contributed by atoms with van der Waals surface area (Å²) >= 11 is 0. The first-order chi connectivity index (χ1) is 6.40. The first-order valence-corrected chi connectivity index (χ1v) is 4.83. The summed E-state index contributed by atoms with van der Waals surface area (Å²) in [7, 11) is 0. The van der Waals surface area contributed by atoms with Gasteiger partial charge in [-0.2, -0.15) is 0 Å². The third-order valence-corrected chi connectivity index (χ3v) is 1.33. The molecule has 0 saturated heterocycles. The summed E-state index contributed by atoms with van der Waals surface area (Å²) in [6.45, 7) is 5.74. The van der Waals surface area contributed by atoms with Crippen LogP contribution in [-0.4, -0.2) is 22.2 Å². The molecule has 0 atom stereocenters. The van der Waals surface area contributed by atoms with Crippen LogP contribution in [0.1, 0.15) is 46.5 Å². The van der Waals surface area contributed by atoms with Crippen molar-refractivity contribution in [2.75, 3.05) is 0 Å². The molecule has 0 aliphatic heterocycles. The van der Waals surface area contributed by atoms with E-state index in [4.69, 9.17) is 10.2 Å². The van der Waals surface area contributed by atoms with Crippen LogP contribution in [-0.2, 0) is 9.59 Å². The van der Waals surface area contributed by atoms with Gasteiger partial charge in [-0.1, -0.05) is 27.2 Å². The van der Waals surface area contributed by atoms with Gasteiger partial charge in [-0.05, 0) is 12.3 Å². The minimum atomic E-state index is -0.713. The van der Waals surface area contributed by atoms with E-state index < -0.39 is 11.9 Å². The third-order valence-electron chi connectivity index (χ3n) is 1.33. The minimum absolute atomic E-state index is 0. The van der Waals surface area contributed by atoms with E-state index in [1.165, 1.54) is 0 Å². The normalized spacial score (nSPS) is 8.00. The molecular formula is C10H26N2O4. The van der Waals surface area contributed by atoms with Crippen molar-refractivity contribution >= 4 is 11.9 Å². The average molecular weight is 238 g/mol. The molecule has 0 aromatic heterocycles. The van der Waals surface area contributed by atoms with Gasteiger partial charge in [0.05, 0.1) is 0 Å². The second-order valence-corrected chi connectivity index (χ2v) is 3.49. The zero-order chi connectivity index (χ0) is 11.6. The van der Waals surface area contributed by atoms with E-state index in [9.17, 15) is 9.59 Å². The lowest BCUT2D eigenvalue weighted by atomic mass is 10.1. The van der Waals surface area contributed by atoms with Crippen molar-refractivity contribution in [3.8, 4) is 0 Å². The topological polar surface area (TPSA) is 145 Å². The zero-order valence-corrected chi connectivity index (χ0v) is 10.5. The van der Waals surface area contributed by atoms with Crippen molar-refractivity contribution < 1.29 is 19.8 Å². The van der Waals surface area contributed by atoms with Crippen LogP contribution in [0.3, 0.4) is 0 Å². The van der Waals surface area contributed by atoms with Crippen molar-refractivity contribution in [3.63, 3.8) is 0 Å². The molecule has 0 aromatic carbocycles. The Morgan fingerprint density at radius 3 is 1.56 bits per heavy atom. The summed E-state index contributed by atoms with van der Waals surface area (Å²) in [5, 5.41) is 16.1. The number of hydrogen-bond donors (Lipinski definition) is 4. The van der Waals surface area contributed by atoms with Crippen molar-refractivity contribution in [1.29, 1.82) is 0 Å². The summed E-state index contributed by atoms with van der Waals surface area (Å²) < 4.78 is 0. The predicted molar refractivity (Wildman–Crippen MR) is 64.3 cm³/mol. The number of carboxylic acids is 2. The second-order valence-electron chi connectivity index (χ2n) is 3.49. The molecule has 0 spiro atoms. The Bertz CT molecular complexity index is 172. The highest BCUT2D eigenvalue weighted by atomic mass is 16.4. The van der Waals surface area contributed by atoms with E-state index in [1.54, 1.807) is 0 Å². The molecule has 0 fully saturated rings. The summed E-state index contributed by atoms with van der Waals surface area (Å²) in [5.41, 5.74) is 0. The number of carboxylic acid groups (broad SMARTS) is 2. The van der Waals surface area contributed by atoms with Gasteiger partial charge in [0.15, 0.2) is 0 Å². The fourth-order valence-corrected chi connectivity index (χ4v) is 0.677. The average Bonchev–Trinajstić information content (AvgIpc) is 1.99. The van der Waals surface area contributed by atoms with Gasteiger partial charge >= 0.3 is 11.9 Å². The zero-order valence-electron chi connectivity index (χ0n) is 10.5. The molecule has 0 heterocycles. The van der Waals surface area contributed by atoms with E-state index in [1.807, 2.05) is 20.8 Å². The molecule has 6 heteroatoms. The monoisotopic (exact) mass is 238 g/mol. The van der Waals surface area contributed by atoms with E-state index in [2.05, 4.69) is 0 Å². The van der Waals surface area contributed by atoms with Crippen molar-refractivity contribution in [3.05, 3.63) is 0 Å². The van der Waals surface area contributed by atoms with Gasteiger partial charge in [-0.25, -0.2) is 0 Å². The van der Waals surface area contributed by atoms with Crippen molar-refractivity contribution in [2.45, 2.75) is 46.5 Å². The number of unbranched alkanes of at least 4 members (excludes halogenated alkanes) is 1. The molecule has 8 N–H and O–H groups in total. The Balaban J connectivity index is -0.0000000800.